The molecular formula is C17H35N3O5. The second-order valence-electron chi connectivity index (χ2n) is 5.81. The Kier molecular flexibility index (Phi) is 14.9. The van der Waals surface area contributed by atoms with Gasteiger partial charge in [-0.1, -0.05) is 25.7 Å². The zero-order valence-corrected chi connectivity index (χ0v) is 16.2. The Morgan fingerprint density at radius 2 is 1.76 bits per heavy atom. The van der Waals surface area contributed by atoms with E-state index in [4.69, 9.17) is 14.3 Å². The first-order valence-corrected chi connectivity index (χ1v) is 9.37. The lowest BCUT2D eigenvalue weighted by Gasteiger charge is -2.13. The van der Waals surface area contributed by atoms with Gasteiger partial charge in [-0.3, -0.25) is 4.79 Å². The van der Waals surface area contributed by atoms with E-state index in [-0.39, 0.29) is 12.8 Å². The monoisotopic (exact) mass is 361 g/mol. The van der Waals surface area contributed by atoms with Crippen LogP contribution < -0.4 is 0 Å². The molecule has 0 rings (SSSR count). The maximum absolute atomic E-state index is 11.5. The number of hydrogen-bond donors (Lipinski definition) is 0. The maximum atomic E-state index is 11.5. The van der Waals surface area contributed by atoms with Crippen LogP contribution in [0.1, 0.15) is 72.6 Å². The van der Waals surface area contributed by atoms with E-state index in [1.54, 1.807) is 0 Å². The number of carbonyl (C=O) groups excluding carboxylic acids is 1. The molecule has 0 aromatic carbocycles. The number of hydrazine groups is 1. The predicted octanol–water partition coefficient (Wildman–Crippen LogP) is 3.79. The first-order valence-electron chi connectivity index (χ1n) is 9.37. The minimum atomic E-state index is -0.339. The number of rotatable bonds is 16. The average molecular weight is 361 g/mol. The molecule has 0 radical (unpaired) electrons. The highest BCUT2D eigenvalue weighted by molar-refractivity contribution is 5.69. The average Bonchev–Trinajstić information content (AvgIpc) is 2.59. The van der Waals surface area contributed by atoms with Crippen molar-refractivity contribution in [2.24, 2.45) is 5.28 Å². The van der Waals surface area contributed by atoms with Crippen LogP contribution in [0.2, 0.25) is 0 Å². The Labute approximate surface area is 151 Å². The molecule has 0 aliphatic heterocycles. The maximum Gasteiger partial charge on any atom is 0.308 e. The van der Waals surface area contributed by atoms with Gasteiger partial charge in [-0.15, -0.1) is 5.01 Å². The summed E-state index contributed by atoms with van der Waals surface area (Å²) >= 11 is 0. The van der Waals surface area contributed by atoms with Crippen molar-refractivity contribution in [3.63, 3.8) is 0 Å². The van der Waals surface area contributed by atoms with Crippen LogP contribution in [-0.2, 0) is 19.1 Å². The lowest BCUT2D eigenvalue weighted by atomic mass is 10.1. The molecule has 0 aromatic rings. The molecule has 0 saturated heterocycles. The first kappa shape index (κ1) is 23.4. The van der Waals surface area contributed by atoms with Gasteiger partial charge in [0.15, 0.2) is 0 Å². The largest absolute Gasteiger partial charge is 0.569 e. The Morgan fingerprint density at radius 1 is 1.12 bits per heavy atom. The third kappa shape index (κ3) is 13.4. The second-order valence-corrected chi connectivity index (χ2v) is 5.81. The number of ether oxygens (including phenoxy) is 2. The molecule has 0 aliphatic rings. The summed E-state index contributed by atoms with van der Waals surface area (Å²) in [7, 11) is 0. The lowest BCUT2D eigenvalue weighted by Crippen LogP contribution is -2.30. The topological polar surface area (TPSA) is 86.4 Å². The molecule has 1 unspecified atom stereocenters. The Balaban J connectivity index is 3.55. The van der Waals surface area contributed by atoms with Crippen molar-refractivity contribution >= 4 is 5.97 Å². The predicted molar refractivity (Wildman–Crippen MR) is 94.4 cm³/mol. The number of esters is 1. The van der Waals surface area contributed by atoms with Gasteiger partial charge < -0.3 is 19.5 Å². The fraction of sp³-hybridized carbons (Fsp3) is 0.941. The van der Waals surface area contributed by atoms with Gasteiger partial charge in [-0.05, 0) is 40.5 Å². The molecule has 0 aromatic heterocycles. The number of unbranched alkanes of at least 4 members (excludes halogenated alkanes) is 4. The van der Waals surface area contributed by atoms with Crippen molar-refractivity contribution in [1.82, 2.24) is 5.01 Å². The van der Waals surface area contributed by atoms with Gasteiger partial charge in [0.05, 0.1) is 24.2 Å². The quantitative estimate of drug-likeness (QED) is 0.104. The van der Waals surface area contributed by atoms with Gasteiger partial charge in [-0.2, -0.15) is 0 Å². The van der Waals surface area contributed by atoms with Crippen LogP contribution in [0.4, 0.5) is 0 Å². The third-order valence-electron chi connectivity index (χ3n) is 3.81. The molecule has 0 amide bonds. The van der Waals surface area contributed by atoms with Crippen LogP contribution in [0.25, 0.3) is 0 Å². The van der Waals surface area contributed by atoms with Crippen molar-refractivity contribution in [2.45, 2.75) is 78.7 Å². The Hall–Kier alpha value is -1.57. The second kappa shape index (κ2) is 15.9. The van der Waals surface area contributed by atoms with Crippen molar-refractivity contribution in [3.05, 3.63) is 5.21 Å². The minimum absolute atomic E-state index is 0.331. The van der Waals surface area contributed by atoms with E-state index in [0.29, 0.717) is 30.6 Å². The molecule has 0 N–H and O–H groups in total. The number of hydrogen-bond acceptors (Lipinski definition) is 6. The number of nitrogens with zero attached hydrogens (tertiary/aromatic N) is 3. The molecule has 0 heterocycles. The normalized spacial score (nSPS) is 12.7. The molecule has 0 saturated carbocycles. The van der Waals surface area contributed by atoms with Crippen LogP contribution >= 0.6 is 0 Å². The fourth-order valence-corrected chi connectivity index (χ4v) is 2.35. The summed E-state index contributed by atoms with van der Waals surface area (Å²) in [6.45, 7) is 9.26. The van der Waals surface area contributed by atoms with Crippen LogP contribution in [-0.4, -0.2) is 48.5 Å². The summed E-state index contributed by atoms with van der Waals surface area (Å²) in [6.07, 6.45) is 6.98. The van der Waals surface area contributed by atoms with Gasteiger partial charge in [0, 0.05) is 13.0 Å². The highest BCUT2D eigenvalue weighted by atomic mass is 16.8. The number of carbonyl (C=O) groups is 1. The minimum Gasteiger partial charge on any atom is -0.569 e. The van der Waals surface area contributed by atoms with E-state index in [1.807, 2.05) is 20.8 Å². The summed E-state index contributed by atoms with van der Waals surface area (Å²) in [5.41, 5.74) is 0. The molecule has 0 aliphatic carbocycles. The molecule has 0 spiro atoms. The van der Waals surface area contributed by atoms with Gasteiger partial charge in [0.25, 0.3) is 6.79 Å². The Morgan fingerprint density at radius 3 is 2.40 bits per heavy atom. The molecule has 0 bridgehead atoms. The highest BCUT2D eigenvalue weighted by Crippen LogP contribution is 2.10. The van der Waals surface area contributed by atoms with Gasteiger partial charge in [0.2, 0.25) is 5.28 Å². The van der Waals surface area contributed by atoms with Gasteiger partial charge in [0.1, 0.15) is 0 Å². The molecular weight excluding hydrogens is 326 g/mol. The lowest BCUT2D eigenvalue weighted by molar-refractivity contribution is -0.710. The Bertz CT molecular complexity index is 362. The molecule has 8 nitrogen and oxygen atoms in total. The van der Waals surface area contributed by atoms with Crippen molar-refractivity contribution in [2.75, 3.05) is 26.5 Å². The van der Waals surface area contributed by atoms with E-state index >= 15 is 0 Å². The van der Waals surface area contributed by atoms with Gasteiger partial charge in [-0.25, -0.2) is 0 Å². The standard InChI is InChI=1S/C17H35N3O5/c1-5-19(6-2)20(22)18-25-15-24-17(21)14-12-10-8-9-11-13-16(4)23-7-3/h16H,5-15H2,1-4H3/b20-18-. The van der Waals surface area contributed by atoms with E-state index in [2.05, 4.69) is 12.2 Å². The summed E-state index contributed by atoms with van der Waals surface area (Å²) in [6, 6.07) is 0. The van der Waals surface area contributed by atoms with E-state index in [1.165, 1.54) is 5.01 Å². The smallest absolute Gasteiger partial charge is 0.308 e. The third-order valence-corrected chi connectivity index (χ3v) is 3.81. The first-order chi connectivity index (χ1) is 12.0. The van der Waals surface area contributed by atoms with Crippen LogP contribution in [0.3, 0.4) is 0 Å². The SMILES string of the molecule is CCOC(C)CCCCCCCC(=O)OCO/N=[N+](\[O-])N(CC)CC. The van der Waals surface area contributed by atoms with Crippen molar-refractivity contribution < 1.29 is 24.1 Å². The molecule has 25 heavy (non-hydrogen) atoms. The summed E-state index contributed by atoms with van der Waals surface area (Å²) in [5, 5.41) is 16.2. The van der Waals surface area contributed by atoms with Crippen molar-refractivity contribution in [1.29, 1.82) is 0 Å². The van der Waals surface area contributed by atoms with Crippen LogP contribution in [0.5, 0.6) is 0 Å². The zero-order chi connectivity index (χ0) is 18.9. The van der Waals surface area contributed by atoms with E-state index in [0.717, 1.165) is 45.1 Å². The van der Waals surface area contributed by atoms with Crippen LogP contribution in [0.15, 0.2) is 5.28 Å². The van der Waals surface area contributed by atoms with E-state index in [9.17, 15) is 10.0 Å². The zero-order valence-electron chi connectivity index (χ0n) is 16.2. The highest BCUT2D eigenvalue weighted by Gasteiger charge is 2.08. The molecule has 8 heteroatoms. The summed E-state index contributed by atoms with van der Waals surface area (Å²) < 4.78 is 10.4. The fourth-order valence-electron chi connectivity index (χ4n) is 2.35. The van der Waals surface area contributed by atoms with Gasteiger partial charge >= 0.3 is 5.97 Å². The molecule has 0 fully saturated rings. The summed E-state index contributed by atoms with van der Waals surface area (Å²) in [5.74, 6) is -0.333. The van der Waals surface area contributed by atoms with E-state index < -0.39 is 0 Å². The van der Waals surface area contributed by atoms with Crippen LogP contribution in [0, 0.1) is 5.21 Å². The van der Waals surface area contributed by atoms with Crippen molar-refractivity contribution in [3.8, 4) is 0 Å². The molecule has 1 atom stereocenters. The summed E-state index contributed by atoms with van der Waals surface area (Å²) in [4.78, 5) is 16.6. The molecule has 148 valence electrons.